The van der Waals surface area contributed by atoms with E-state index >= 15 is 0 Å². The fraction of sp³-hybridized carbons (Fsp3) is 0.174. The Kier molecular flexibility index (Phi) is 6.69. The molecule has 2 heterocycles. The molecule has 37 heavy (non-hydrogen) atoms. The molecule has 14 heteroatoms. The van der Waals surface area contributed by atoms with Gasteiger partial charge in [0.05, 0.1) is 10.5 Å². The van der Waals surface area contributed by atoms with E-state index in [0.29, 0.717) is 5.56 Å². The lowest BCUT2D eigenvalue weighted by atomic mass is 10.1. The number of H-pyrrole nitrogens is 1. The smallest absolute Gasteiger partial charge is 0.348 e. The highest BCUT2D eigenvalue weighted by Crippen LogP contribution is 2.31. The summed E-state index contributed by atoms with van der Waals surface area (Å²) in [5.74, 6) is -0.772. The van der Waals surface area contributed by atoms with Gasteiger partial charge in [-0.15, -0.1) is 10.2 Å². The molecule has 0 saturated heterocycles. The Morgan fingerprint density at radius 2 is 1.81 bits per heavy atom. The first kappa shape index (κ1) is 25.8. The summed E-state index contributed by atoms with van der Waals surface area (Å²) in [5, 5.41) is 16.0. The van der Waals surface area contributed by atoms with Gasteiger partial charge in [-0.05, 0) is 54.1 Å². The number of carbonyl (C=O) groups is 1. The van der Waals surface area contributed by atoms with Crippen LogP contribution in [0.15, 0.2) is 64.3 Å². The molecule has 1 amide bonds. The summed E-state index contributed by atoms with van der Waals surface area (Å²) in [6.45, 7) is 1.44. The molecule has 0 radical (unpaired) electrons. The van der Waals surface area contributed by atoms with E-state index in [2.05, 4.69) is 25.9 Å². The average molecular weight is 533 g/mol. The quantitative estimate of drug-likeness (QED) is 0.389. The molecular weight excluding hydrogens is 513 g/mol. The molecular formula is C23H19F3N6O4S. The molecule has 0 aliphatic heterocycles. The summed E-state index contributed by atoms with van der Waals surface area (Å²) >= 11 is 0. The minimum absolute atomic E-state index is 0.0311. The average Bonchev–Trinajstić information content (AvgIpc) is 3.37. The molecule has 0 atom stereocenters. The fourth-order valence-corrected chi connectivity index (χ4v) is 4.26. The molecule has 0 unspecified atom stereocenters. The molecule has 4 rings (SSSR count). The highest BCUT2D eigenvalue weighted by molar-refractivity contribution is 7.90. The van der Waals surface area contributed by atoms with Gasteiger partial charge in [-0.2, -0.15) is 18.4 Å². The highest BCUT2D eigenvalue weighted by Gasteiger charge is 2.31. The largest absolute Gasteiger partial charge is 0.416 e. The van der Waals surface area contributed by atoms with E-state index in [-0.39, 0.29) is 39.8 Å². The number of alkyl halides is 3. The van der Waals surface area contributed by atoms with Crippen molar-refractivity contribution >= 4 is 15.7 Å². The number of amides is 1. The molecule has 0 saturated carbocycles. The number of tetrazole rings is 1. The number of rotatable bonds is 6. The van der Waals surface area contributed by atoms with Crippen LogP contribution < -0.4 is 10.9 Å². The summed E-state index contributed by atoms with van der Waals surface area (Å²) < 4.78 is 64.2. The molecule has 10 nitrogen and oxygen atoms in total. The summed E-state index contributed by atoms with van der Waals surface area (Å²) in [4.78, 5) is 26.5. The number of hydrogen-bond donors (Lipinski definition) is 2. The van der Waals surface area contributed by atoms with Gasteiger partial charge in [-0.3, -0.25) is 14.2 Å². The number of carbonyl (C=O) groups excluding carboxylic acids is 1. The molecule has 0 fully saturated rings. The number of nitrogens with zero attached hydrogens (tertiary/aromatic N) is 4. The minimum Gasteiger partial charge on any atom is -0.348 e. The van der Waals surface area contributed by atoms with Gasteiger partial charge in [0.1, 0.15) is 5.56 Å². The third-order valence-corrected chi connectivity index (χ3v) is 6.64. The molecule has 0 spiro atoms. The zero-order valence-corrected chi connectivity index (χ0v) is 20.2. The summed E-state index contributed by atoms with van der Waals surface area (Å²) in [6.07, 6.45) is -3.58. The number of aromatic nitrogens is 5. The first-order valence-corrected chi connectivity index (χ1v) is 12.5. The summed E-state index contributed by atoms with van der Waals surface area (Å²) in [7, 11) is -3.39. The number of hydrogen-bond acceptors (Lipinski definition) is 7. The zero-order chi connectivity index (χ0) is 27.0. The van der Waals surface area contributed by atoms with Crippen molar-refractivity contribution in [2.45, 2.75) is 24.5 Å². The van der Waals surface area contributed by atoms with Crippen molar-refractivity contribution in [1.82, 2.24) is 30.5 Å². The number of pyridine rings is 1. The Bertz CT molecular complexity index is 1630. The van der Waals surface area contributed by atoms with Crippen molar-refractivity contribution in [3.8, 4) is 17.1 Å². The van der Waals surface area contributed by atoms with Crippen LogP contribution in [-0.4, -0.2) is 45.8 Å². The maximum Gasteiger partial charge on any atom is 0.416 e. The Hall–Kier alpha value is -4.33. The normalized spacial score (nSPS) is 11.9. The van der Waals surface area contributed by atoms with Crippen molar-refractivity contribution in [3.05, 3.63) is 87.3 Å². The van der Waals surface area contributed by atoms with Gasteiger partial charge in [0.2, 0.25) is 5.82 Å². The van der Waals surface area contributed by atoms with E-state index in [9.17, 15) is 31.2 Å². The van der Waals surface area contributed by atoms with Gasteiger partial charge in [-0.25, -0.2) is 8.42 Å². The third-order valence-electron chi connectivity index (χ3n) is 5.51. The molecule has 2 aromatic heterocycles. The van der Waals surface area contributed by atoms with E-state index < -0.39 is 33.0 Å². The molecule has 4 aromatic rings. The molecule has 2 aromatic carbocycles. The monoisotopic (exact) mass is 532 g/mol. The van der Waals surface area contributed by atoms with Crippen molar-refractivity contribution in [2.75, 3.05) is 6.26 Å². The van der Waals surface area contributed by atoms with Gasteiger partial charge >= 0.3 is 6.18 Å². The Morgan fingerprint density at radius 3 is 2.41 bits per heavy atom. The van der Waals surface area contributed by atoms with Crippen LogP contribution in [0.25, 0.3) is 17.1 Å². The summed E-state index contributed by atoms with van der Waals surface area (Å²) in [5.41, 5.74) is -1.33. The SMILES string of the molecule is Cc1c(-c2nn[nH]n2)cc(C(=O)NCc2ccc(S(C)(=O)=O)cc2)c(=O)n1-c1cccc(C(F)(F)F)c1. The number of sulfone groups is 1. The number of halogens is 3. The highest BCUT2D eigenvalue weighted by atomic mass is 32.2. The second-order valence-electron chi connectivity index (χ2n) is 8.08. The van der Waals surface area contributed by atoms with E-state index in [1.54, 1.807) is 0 Å². The predicted octanol–water partition coefficient (Wildman–Crippen LogP) is 2.68. The van der Waals surface area contributed by atoms with Crippen LogP contribution in [0.5, 0.6) is 0 Å². The molecule has 192 valence electrons. The van der Waals surface area contributed by atoms with Crippen molar-refractivity contribution in [3.63, 3.8) is 0 Å². The molecule has 0 aliphatic rings. The third kappa shape index (κ3) is 5.43. The van der Waals surface area contributed by atoms with Crippen LogP contribution in [0.3, 0.4) is 0 Å². The standard InChI is InChI=1S/C23H19F3N6O4S/c1-13-18(20-28-30-31-29-20)11-19(21(33)27-12-14-6-8-17(9-7-14)37(2,35)36)22(34)32(13)16-5-3-4-15(10-16)23(24,25)26/h3-11H,12H2,1-2H3,(H,27,33)(H,28,29,30,31). The number of nitrogens with one attached hydrogen (secondary N) is 2. The molecule has 2 N–H and O–H groups in total. The van der Waals surface area contributed by atoms with Gasteiger partial charge < -0.3 is 5.32 Å². The van der Waals surface area contributed by atoms with Crippen molar-refractivity contribution in [1.29, 1.82) is 0 Å². The topological polar surface area (TPSA) is 140 Å². The first-order valence-electron chi connectivity index (χ1n) is 10.6. The van der Waals surface area contributed by atoms with Gasteiger partial charge in [0.15, 0.2) is 9.84 Å². The Labute approximate surface area is 208 Å². The van der Waals surface area contributed by atoms with E-state index in [1.165, 1.54) is 43.3 Å². The van der Waals surface area contributed by atoms with Gasteiger partial charge in [0.25, 0.3) is 11.5 Å². The van der Waals surface area contributed by atoms with Crippen molar-refractivity contribution in [2.24, 2.45) is 0 Å². The Balaban J connectivity index is 1.75. The lowest BCUT2D eigenvalue weighted by Gasteiger charge is -2.17. The lowest BCUT2D eigenvalue weighted by molar-refractivity contribution is -0.137. The zero-order valence-electron chi connectivity index (χ0n) is 19.4. The van der Waals surface area contributed by atoms with Crippen LogP contribution in [0.2, 0.25) is 0 Å². The van der Waals surface area contributed by atoms with Crippen LogP contribution >= 0.6 is 0 Å². The van der Waals surface area contributed by atoms with E-state index in [1.807, 2.05) is 0 Å². The predicted molar refractivity (Wildman–Crippen MR) is 126 cm³/mol. The lowest BCUT2D eigenvalue weighted by Crippen LogP contribution is -2.33. The first-order chi connectivity index (χ1) is 17.4. The van der Waals surface area contributed by atoms with Crippen molar-refractivity contribution < 1.29 is 26.4 Å². The Morgan fingerprint density at radius 1 is 1.11 bits per heavy atom. The second-order valence-corrected chi connectivity index (χ2v) is 10.1. The molecule has 0 bridgehead atoms. The van der Waals surface area contributed by atoms with Crippen LogP contribution in [-0.2, 0) is 22.6 Å². The maximum absolute atomic E-state index is 13.4. The minimum atomic E-state index is -4.65. The summed E-state index contributed by atoms with van der Waals surface area (Å²) in [6, 6.07) is 11.2. The van der Waals surface area contributed by atoms with E-state index in [4.69, 9.17) is 0 Å². The van der Waals surface area contributed by atoms with Crippen LogP contribution in [0, 0.1) is 6.92 Å². The maximum atomic E-state index is 13.4. The number of benzene rings is 2. The molecule has 0 aliphatic carbocycles. The van der Waals surface area contributed by atoms with Crippen LogP contribution in [0.4, 0.5) is 13.2 Å². The second kappa shape index (κ2) is 9.61. The number of aromatic amines is 1. The van der Waals surface area contributed by atoms with Gasteiger partial charge in [-0.1, -0.05) is 18.2 Å². The van der Waals surface area contributed by atoms with Gasteiger partial charge in [0, 0.05) is 29.7 Å². The fourth-order valence-electron chi connectivity index (χ4n) is 3.63. The van der Waals surface area contributed by atoms with Crippen LogP contribution in [0.1, 0.15) is 27.2 Å². The van der Waals surface area contributed by atoms with E-state index in [0.717, 1.165) is 29.0 Å².